The van der Waals surface area contributed by atoms with Crippen LogP contribution in [0.2, 0.25) is 0 Å². The van der Waals surface area contributed by atoms with Gasteiger partial charge in [0.1, 0.15) is 11.8 Å². The van der Waals surface area contributed by atoms with E-state index in [9.17, 15) is 5.11 Å². The van der Waals surface area contributed by atoms with Gasteiger partial charge in [0.05, 0.1) is 19.6 Å². The number of rotatable bonds is 5. The minimum atomic E-state index is -0.560. The van der Waals surface area contributed by atoms with E-state index in [1.54, 1.807) is 6.07 Å². The highest BCUT2D eigenvalue weighted by Crippen LogP contribution is 2.27. The topological polar surface area (TPSA) is 44.6 Å². The summed E-state index contributed by atoms with van der Waals surface area (Å²) in [6.45, 7) is 9.57. The number of hydrogen-bond donors (Lipinski definition) is 0. The smallest absolute Gasteiger partial charge is 0.149 e. The van der Waals surface area contributed by atoms with Crippen molar-refractivity contribution in [1.82, 2.24) is 4.48 Å². The van der Waals surface area contributed by atoms with Gasteiger partial charge < -0.3 is 9.84 Å². The molecule has 0 heterocycles. The molecule has 1 aromatic carbocycles. The maximum Gasteiger partial charge on any atom is 0.149 e. The van der Waals surface area contributed by atoms with Crippen molar-refractivity contribution in [2.45, 2.75) is 20.8 Å². The number of halogens is 1. The Kier molecular flexibility index (Phi) is 7.71. The molecule has 0 spiro atoms. The van der Waals surface area contributed by atoms with E-state index in [-0.39, 0.29) is 17.0 Å². The standard InChI is InChI=1S/C14H22N2O2.BrH/c1-5-16(6-2,7-3)12-9-8-10-13(11-12)18-14(17)15-4;/h8-11H,5-7H2,1-4H3;1H. The molecule has 0 unspecified atom stereocenters. The summed E-state index contributed by atoms with van der Waals surface area (Å²) >= 11 is 0. The normalized spacial score (nSPS) is 11.9. The van der Waals surface area contributed by atoms with Crippen molar-refractivity contribution < 1.29 is 9.84 Å². The highest BCUT2D eigenvalue weighted by atomic mass is 79.9. The molecule has 0 aromatic heterocycles. The molecule has 0 saturated carbocycles. The molecule has 4 nitrogen and oxygen atoms in total. The fourth-order valence-electron chi connectivity index (χ4n) is 2.21. The lowest BCUT2D eigenvalue weighted by Crippen LogP contribution is -2.48. The average Bonchev–Trinajstić information content (AvgIpc) is 2.42. The van der Waals surface area contributed by atoms with Crippen LogP contribution in [0.15, 0.2) is 29.3 Å². The van der Waals surface area contributed by atoms with Gasteiger partial charge in [0.15, 0.2) is 0 Å². The average molecular weight is 331 g/mol. The van der Waals surface area contributed by atoms with Crippen LogP contribution in [-0.2, 0) is 0 Å². The molecule has 0 saturated heterocycles. The van der Waals surface area contributed by atoms with Crippen LogP contribution in [0.5, 0.6) is 5.75 Å². The van der Waals surface area contributed by atoms with Crippen molar-refractivity contribution in [2.75, 3.05) is 26.7 Å². The van der Waals surface area contributed by atoms with E-state index in [2.05, 4.69) is 31.8 Å². The third-order valence-corrected chi connectivity index (χ3v) is 3.57. The Labute approximate surface area is 126 Å². The van der Waals surface area contributed by atoms with Gasteiger partial charge in [-0.2, -0.15) is 0 Å². The van der Waals surface area contributed by atoms with E-state index in [0.717, 1.165) is 24.1 Å². The molecule has 0 bridgehead atoms. The van der Waals surface area contributed by atoms with Crippen LogP contribution < -0.4 is 14.3 Å². The van der Waals surface area contributed by atoms with Crippen molar-refractivity contribution in [2.24, 2.45) is 4.99 Å². The zero-order valence-corrected chi connectivity index (χ0v) is 13.8. The molecular formula is C14H23BrN2O2. The summed E-state index contributed by atoms with van der Waals surface area (Å²) in [5, 5.41) is 11.2. The second-order valence-corrected chi connectivity index (χ2v) is 4.18. The fourth-order valence-corrected chi connectivity index (χ4v) is 2.21. The van der Waals surface area contributed by atoms with Crippen molar-refractivity contribution in [3.05, 3.63) is 24.3 Å². The van der Waals surface area contributed by atoms with Crippen LogP contribution in [0.4, 0.5) is 5.69 Å². The third-order valence-electron chi connectivity index (χ3n) is 3.57. The lowest BCUT2D eigenvalue weighted by Gasteiger charge is -2.35. The fraction of sp³-hybridized carbons (Fsp3) is 0.500. The quantitative estimate of drug-likeness (QED) is 0.472. The number of benzene rings is 1. The van der Waals surface area contributed by atoms with Gasteiger partial charge in [-0.1, -0.05) is 6.07 Å². The zero-order chi connectivity index (χ0) is 13.6. The minimum Gasteiger partial charge on any atom is -0.566 e. The number of aliphatic imine (C=N–C) groups is 1. The van der Waals surface area contributed by atoms with Crippen molar-refractivity contribution in [3.63, 3.8) is 0 Å². The molecule has 19 heavy (non-hydrogen) atoms. The van der Waals surface area contributed by atoms with Gasteiger partial charge in [0.2, 0.25) is 0 Å². The molecule has 0 aliphatic heterocycles. The Balaban J connectivity index is 0.00000324. The maximum absolute atomic E-state index is 11.2. The first-order valence-corrected chi connectivity index (χ1v) is 6.40. The lowest BCUT2D eigenvalue weighted by molar-refractivity contribution is -0.240. The number of nitrogens with zero attached hydrogens (tertiary/aromatic N) is 2. The molecule has 0 atom stereocenters. The Bertz CT molecular complexity index is 409. The van der Waals surface area contributed by atoms with Gasteiger partial charge in [-0.05, 0) is 32.9 Å². The van der Waals surface area contributed by atoms with Gasteiger partial charge in [-0.25, -0.2) is 0 Å². The molecule has 0 N–H and O–H groups in total. The van der Waals surface area contributed by atoms with Gasteiger partial charge in [0, 0.05) is 18.9 Å². The molecule has 1 aromatic rings. The molecule has 0 fully saturated rings. The third kappa shape index (κ3) is 4.21. The summed E-state index contributed by atoms with van der Waals surface area (Å²) in [7, 11) is 1.43. The van der Waals surface area contributed by atoms with E-state index in [0.29, 0.717) is 5.75 Å². The molecule has 108 valence electrons. The van der Waals surface area contributed by atoms with E-state index in [1.165, 1.54) is 12.7 Å². The Morgan fingerprint density at radius 3 is 2.26 bits per heavy atom. The van der Waals surface area contributed by atoms with Gasteiger partial charge in [-0.3, -0.25) is 9.48 Å². The van der Waals surface area contributed by atoms with Crippen LogP contribution in [0, 0.1) is 0 Å². The SMILES string of the molecule is Br.CC[N+](CC)(CC)c1cccc(OC([O-])=NC)c1. The Hall–Kier alpha value is -1.07. The number of quaternary nitrogens is 1. The molecule has 0 aliphatic rings. The molecule has 0 aliphatic carbocycles. The molecule has 5 heteroatoms. The Morgan fingerprint density at radius 2 is 1.79 bits per heavy atom. The van der Waals surface area contributed by atoms with Crippen molar-refractivity contribution in [1.29, 1.82) is 0 Å². The van der Waals surface area contributed by atoms with Crippen LogP contribution in [-0.4, -0.2) is 32.8 Å². The van der Waals surface area contributed by atoms with E-state index >= 15 is 0 Å². The highest BCUT2D eigenvalue weighted by Gasteiger charge is 2.23. The lowest BCUT2D eigenvalue weighted by atomic mass is 10.2. The largest absolute Gasteiger partial charge is 0.566 e. The second-order valence-electron chi connectivity index (χ2n) is 4.18. The van der Waals surface area contributed by atoms with Crippen LogP contribution in [0.25, 0.3) is 0 Å². The first-order chi connectivity index (χ1) is 8.61. The summed E-state index contributed by atoms with van der Waals surface area (Å²) in [5.41, 5.74) is 1.17. The van der Waals surface area contributed by atoms with Gasteiger partial charge in [-0.15, -0.1) is 17.0 Å². The molecule has 0 radical (unpaired) electrons. The minimum absolute atomic E-state index is 0. The molecular weight excluding hydrogens is 308 g/mol. The Morgan fingerprint density at radius 1 is 1.21 bits per heavy atom. The predicted octanol–water partition coefficient (Wildman–Crippen LogP) is 2.36. The summed E-state index contributed by atoms with van der Waals surface area (Å²) < 4.78 is 6.00. The monoisotopic (exact) mass is 330 g/mol. The zero-order valence-electron chi connectivity index (χ0n) is 12.0. The van der Waals surface area contributed by atoms with E-state index in [1.807, 2.05) is 12.1 Å². The summed E-state index contributed by atoms with van der Waals surface area (Å²) in [6.07, 6.45) is -0.560. The van der Waals surface area contributed by atoms with Crippen LogP contribution in [0.1, 0.15) is 20.8 Å². The molecule has 1 rings (SSSR count). The highest BCUT2D eigenvalue weighted by molar-refractivity contribution is 8.93. The maximum atomic E-state index is 11.2. The number of ether oxygens (including phenoxy) is 1. The van der Waals surface area contributed by atoms with Crippen molar-refractivity contribution >= 4 is 28.8 Å². The van der Waals surface area contributed by atoms with Gasteiger partial charge in [0.25, 0.3) is 0 Å². The van der Waals surface area contributed by atoms with E-state index < -0.39 is 6.08 Å². The summed E-state index contributed by atoms with van der Waals surface area (Å²) in [6, 6.07) is 7.71. The first-order valence-electron chi connectivity index (χ1n) is 6.40. The van der Waals surface area contributed by atoms with Crippen molar-refractivity contribution in [3.8, 4) is 5.75 Å². The van der Waals surface area contributed by atoms with E-state index in [4.69, 9.17) is 4.74 Å². The first kappa shape index (κ1) is 17.9. The number of hydrogen-bond acceptors (Lipinski definition) is 3. The van der Waals surface area contributed by atoms with Crippen LogP contribution >= 0.6 is 17.0 Å². The van der Waals surface area contributed by atoms with Gasteiger partial charge >= 0.3 is 0 Å². The van der Waals surface area contributed by atoms with Crippen LogP contribution in [0.3, 0.4) is 0 Å². The predicted molar refractivity (Wildman–Crippen MR) is 84.2 cm³/mol. The summed E-state index contributed by atoms with van der Waals surface area (Å²) in [5.74, 6) is 0.556. The molecule has 0 amide bonds. The second kappa shape index (κ2) is 8.17. The summed E-state index contributed by atoms with van der Waals surface area (Å²) in [4.78, 5) is 3.47.